The molecule has 2 N–H and O–H groups in total. The van der Waals surface area contributed by atoms with E-state index in [1.54, 1.807) is 24.3 Å². The van der Waals surface area contributed by atoms with Gasteiger partial charge in [0.15, 0.2) is 5.78 Å². The summed E-state index contributed by atoms with van der Waals surface area (Å²) in [6, 6.07) is 9.46. The molecule has 1 atom stereocenters. The summed E-state index contributed by atoms with van der Waals surface area (Å²) in [5.41, 5.74) is 1.20. The largest absolute Gasteiger partial charge is 0.480 e. The molecule has 0 aliphatic carbocycles. The number of rotatable bonds is 5. The monoisotopic (exact) mass is 379 g/mol. The smallest absolute Gasteiger partial charge is 0.471 e. The number of carbonyl (C=O) groups is 3. The first-order valence-electron chi connectivity index (χ1n) is 7.72. The van der Waals surface area contributed by atoms with Crippen molar-refractivity contribution in [3.05, 3.63) is 48.0 Å². The number of alkyl halides is 3. The summed E-state index contributed by atoms with van der Waals surface area (Å²) in [6.45, 7) is 0. The van der Waals surface area contributed by atoms with Crippen molar-refractivity contribution in [3.63, 3.8) is 0 Å². The number of carbonyl (C=O) groups excluding carboxylic acids is 2. The number of benzene rings is 2. The number of Topliss-reactive ketones (excluding diaryl/α,β-unsaturated/α-hetero) is 1. The summed E-state index contributed by atoms with van der Waals surface area (Å²) in [6.07, 6.45) is -6.07. The maximum Gasteiger partial charge on any atom is 0.471 e. The van der Waals surface area contributed by atoms with Crippen molar-refractivity contribution in [3.8, 4) is 0 Å². The molecule has 3 rings (SSSR count). The summed E-state index contributed by atoms with van der Waals surface area (Å²) in [7, 11) is 0. The zero-order valence-corrected chi connectivity index (χ0v) is 13.5. The number of hydrogen-bond acceptors (Lipinski definition) is 4. The highest BCUT2D eigenvalue weighted by molar-refractivity contribution is 6.09. The standard InChI is InChI=1S/C18H12F3NO5/c19-18(20,21)17(26)22-12(16(24)25)8-13(23)9-5-6-15-11(7-9)10-3-1-2-4-14(10)27-15/h1-7,12H,8H2,(H,22,26)(H,24,25)/t12-/m0/s1. The van der Waals surface area contributed by atoms with Crippen molar-refractivity contribution >= 4 is 39.6 Å². The Morgan fingerprint density at radius 2 is 1.70 bits per heavy atom. The van der Waals surface area contributed by atoms with Crippen LogP contribution in [0.3, 0.4) is 0 Å². The molecule has 0 spiro atoms. The van der Waals surface area contributed by atoms with E-state index in [4.69, 9.17) is 9.52 Å². The molecule has 0 fully saturated rings. The Labute approximate surface area is 149 Å². The Bertz CT molecular complexity index is 1050. The fraction of sp³-hybridized carbons (Fsp3) is 0.167. The molecule has 0 radical (unpaired) electrons. The van der Waals surface area contributed by atoms with Crippen LogP contribution >= 0.6 is 0 Å². The Morgan fingerprint density at radius 1 is 1.04 bits per heavy atom. The van der Waals surface area contributed by atoms with E-state index < -0.39 is 36.3 Å². The first-order chi connectivity index (χ1) is 12.7. The molecule has 0 bridgehead atoms. The van der Waals surface area contributed by atoms with Crippen molar-refractivity contribution in [2.45, 2.75) is 18.6 Å². The number of aliphatic carboxylic acids is 1. The minimum Gasteiger partial charge on any atom is -0.480 e. The quantitative estimate of drug-likeness (QED) is 0.663. The molecule has 0 aliphatic rings. The summed E-state index contributed by atoms with van der Waals surface area (Å²) in [4.78, 5) is 34.5. The molecule has 1 aromatic heterocycles. The zero-order chi connectivity index (χ0) is 19.8. The molecule has 140 valence electrons. The number of ketones is 1. The van der Waals surface area contributed by atoms with E-state index in [0.29, 0.717) is 16.6 Å². The van der Waals surface area contributed by atoms with Gasteiger partial charge in [0.2, 0.25) is 0 Å². The van der Waals surface area contributed by atoms with Gasteiger partial charge >= 0.3 is 18.1 Å². The lowest BCUT2D eigenvalue weighted by Gasteiger charge is -2.15. The van der Waals surface area contributed by atoms with Gasteiger partial charge in [-0.25, -0.2) is 4.79 Å². The van der Waals surface area contributed by atoms with E-state index in [0.717, 1.165) is 5.39 Å². The van der Waals surface area contributed by atoms with Crippen LogP contribution in [0, 0.1) is 0 Å². The summed E-state index contributed by atoms with van der Waals surface area (Å²) in [5.74, 6) is -4.88. The van der Waals surface area contributed by atoms with E-state index in [1.807, 2.05) is 0 Å². The van der Waals surface area contributed by atoms with Crippen LogP contribution in [0.25, 0.3) is 21.9 Å². The molecule has 1 heterocycles. The van der Waals surface area contributed by atoms with E-state index in [1.165, 1.54) is 23.5 Å². The number of carboxylic acids is 1. The highest BCUT2D eigenvalue weighted by Crippen LogP contribution is 2.29. The Morgan fingerprint density at radius 3 is 2.37 bits per heavy atom. The lowest BCUT2D eigenvalue weighted by molar-refractivity contribution is -0.175. The summed E-state index contributed by atoms with van der Waals surface area (Å²) in [5, 5.41) is 11.7. The third-order valence-electron chi connectivity index (χ3n) is 3.95. The predicted molar refractivity (Wildman–Crippen MR) is 88.3 cm³/mol. The molecule has 2 aromatic carbocycles. The van der Waals surface area contributed by atoms with E-state index in [-0.39, 0.29) is 5.56 Å². The van der Waals surface area contributed by atoms with Crippen molar-refractivity contribution in [1.82, 2.24) is 5.32 Å². The van der Waals surface area contributed by atoms with Crippen LogP contribution in [0.4, 0.5) is 13.2 Å². The van der Waals surface area contributed by atoms with Crippen LogP contribution in [0.2, 0.25) is 0 Å². The van der Waals surface area contributed by atoms with Gasteiger partial charge in [0.05, 0.1) is 0 Å². The Balaban J connectivity index is 1.86. The second-order valence-corrected chi connectivity index (χ2v) is 5.80. The normalized spacial score (nSPS) is 12.9. The first kappa shape index (κ1) is 18.4. The fourth-order valence-corrected chi connectivity index (χ4v) is 2.64. The molecule has 9 heteroatoms. The van der Waals surface area contributed by atoms with Crippen LogP contribution < -0.4 is 5.32 Å². The average molecular weight is 379 g/mol. The lowest BCUT2D eigenvalue weighted by Crippen LogP contribution is -2.47. The molecule has 27 heavy (non-hydrogen) atoms. The molecular formula is C18H12F3NO5. The number of carboxylic acid groups (broad SMARTS) is 1. The highest BCUT2D eigenvalue weighted by atomic mass is 19.4. The van der Waals surface area contributed by atoms with Gasteiger partial charge in [0.1, 0.15) is 17.2 Å². The third-order valence-corrected chi connectivity index (χ3v) is 3.95. The first-order valence-corrected chi connectivity index (χ1v) is 7.72. The summed E-state index contributed by atoms with van der Waals surface area (Å²) < 4.78 is 42.6. The summed E-state index contributed by atoms with van der Waals surface area (Å²) >= 11 is 0. The van der Waals surface area contributed by atoms with Gasteiger partial charge in [-0.2, -0.15) is 13.2 Å². The van der Waals surface area contributed by atoms with Gasteiger partial charge in [-0.1, -0.05) is 18.2 Å². The average Bonchev–Trinajstić information content (AvgIpc) is 2.97. The number of hydrogen-bond donors (Lipinski definition) is 2. The lowest BCUT2D eigenvalue weighted by atomic mass is 10.0. The SMILES string of the molecule is O=C(C[C@H](NC(=O)C(F)(F)F)C(=O)O)c1ccc2oc3ccccc3c2c1. The van der Waals surface area contributed by atoms with Crippen molar-refractivity contribution < 1.29 is 37.1 Å². The van der Waals surface area contributed by atoms with Crippen molar-refractivity contribution in [2.24, 2.45) is 0 Å². The fourth-order valence-electron chi connectivity index (χ4n) is 2.64. The third kappa shape index (κ3) is 3.76. The van der Waals surface area contributed by atoms with E-state index in [9.17, 15) is 27.6 Å². The molecule has 0 aliphatic heterocycles. The molecule has 3 aromatic rings. The number of nitrogens with one attached hydrogen (secondary N) is 1. The molecule has 0 unspecified atom stereocenters. The van der Waals surface area contributed by atoms with Crippen LogP contribution in [0.1, 0.15) is 16.8 Å². The van der Waals surface area contributed by atoms with Gasteiger partial charge in [-0.3, -0.25) is 9.59 Å². The van der Waals surface area contributed by atoms with Crippen molar-refractivity contribution in [1.29, 1.82) is 0 Å². The number of fused-ring (bicyclic) bond motifs is 3. The maximum atomic E-state index is 12.4. The van der Waals surface area contributed by atoms with Gasteiger partial charge in [0.25, 0.3) is 0 Å². The van der Waals surface area contributed by atoms with Gasteiger partial charge in [-0.05, 0) is 24.3 Å². The highest BCUT2D eigenvalue weighted by Gasteiger charge is 2.41. The van der Waals surface area contributed by atoms with Crippen LogP contribution in [0.15, 0.2) is 46.9 Å². The maximum absolute atomic E-state index is 12.4. The van der Waals surface area contributed by atoms with Crippen molar-refractivity contribution in [2.75, 3.05) is 0 Å². The Hall–Kier alpha value is -3.36. The minimum absolute atomic E-state index is 0.0987. The topological polar surface area (TPSA) is 96.6 Å². The molecule has 0 saturated carbocycles. The molecular weight excluding hydrogens is 367 g/mol. The zero-order valence-electron chi connectivity index (χ0n) is 13.5. The second-order valence-electron chi connectivity index (χ2n) is 5.80. The van der Waals surface area contributed by atoms with Crippen LogP contribution in [-0.2, 0) is 9.59 Å². The molecule has 1 amide bonds. The number of para-hydroxylation sites is 1. The van der Waals surface area contributed by atoms with Crippen LogP contribution in [-0.4, -0.2) is 35.0 Å². The minimum atomic E-state index is -5.24. The number of halogens is 3. The van der Waals surface area contributed by atoms with E-state index >= 15 is 0 Å². The van der Waals surface area contributed by atoms with Gasteiger partial charge < -0.3 is 14.8 Å². The predicted octanol–water partition coefficient (Wildman–Crippen LogP) is 3.29. The Kier molecular flexibility index (Phi) is 4.61. The molecule has 0 saturated heterocycles. The second kappa shape index (κ2) is 6.75. The number of amides is 1. The van der Waals surface area contributed by atoms with E-state index in [2.05, 4.69) is 0 Å². The van der Waals surface area contributed by atoms with Crippen LogP contribution in [0.5, 0.6) is 0 Å². The van der Waals surface area contributed by atoms with Gasteiger partial charge in [-0.15, -0.1) is 0 Å². The number of furan rings is 1. The van der Waals surface area contributed by atoms with Gasteiger partial charge in [0, 0.05) is 22.8 Å². The molecule has 6 nitrogen and oxygen atoms in total.